The van der Waals surface area contributed by atoms with Crippen LogP contribution in [0, 0.1) is 33.3 Å². The lowest BCUT2D eigenvalue weighted by Crippen LogP contribution is -2.60. The summed E-state index contributed by atoms with van der Waals surface area (Å²) in [5.74, 6) is 1.20. The van der Waals surface area contributed by atoms with Gasteiger partial charge in [-0.3, -0.25) is 24.7 Å². The number of sulfonamides is 1. The first-order valence-corrected chi connectivity index (χ1v) is 28.9. The van der Waals surface area contributed by atoms with Crippen molar-refractivity contribution in [1.29, 1.82) is 0 Å². The van der Waals surface area contributed by atoms with Crippen molar-refractivity contribution in [2.75, 3.05) is 62.6 Å². The number of amides is 1. The molecular formula is C59H72N8O8S. The number of piperidine rings is 1. The zero-order valence-electron chi connectivity index (χ0n) is 43.9. The third-order valence-corrected chi connectivity index (χ3v) is 19.0. The Hall–Kier alpha value is -6.11. The van der Waals surface area contributed by atoms with E-state index in [1.165, 1.54) is 23.3 Å². The summed E-state index contributed by atoms with van der Waals surface area (Å²) >= 11 is 0. The van der Waals surface area contributed by atoms with Crippen molar-refractivity contribution in [3.63, 3.8) is 0 Å². The largest absolute Gasteiger partial charge is 0.455 e. The van der Waals surface area contributed by atoms with Gasteiger partial charge in [0.25, 0.3) is 21.6 Å². The van der Waals surface area contributed by atoms with Gasteiger partial charge in [0.15, 0.2) is 0 Å². The van der Waals surface area contributed by atoms with Gasteiger partial charge in [-0.05, 0) is 135 Å². The van der Waals surface area contributed by atoms with Gasteiger partial charge < -0.3 is 29.8 Å². The first-order valence-electron chi connectivity index (χ1n) is 27.4. The minimum absolute atomic E-state index is 0.0235. The fourth-order valence-electron chi connectivity index (χ4n) is 13.2. The molecule has 2 aromatic heterocycles. The van der Waals surface area contributed by atoms with E-state index in [9.17, 15) is 28.4 Å². The number of benzene rings is 3. The predicted octanol–water partition coefficient (Wildman–Crippen LogP) is 10.1. The van der Waals surface area contributed by atoms with Crippen molar-refractivity contribution in [3.8, 4) is 11.5 Å². The average Bonchev–Trinajstić information content (AvgIpc) is 3.90. The second kappa shape index (κ2) is 21.4. The molecule has 5 fully saturated rings. The number of carbonyl (C=O) groups is 1. The van der Waals surface area contributed by atoms with E-state index in [2.05, 4.69) is 97.1 Å². The van der Waals surface area contributed by atoms with Gasteiger partial charge in [-0.15, -0.1) is 0 Å². The molecule has 5 heterocycles. The van der Waals surface area contributed by atoms with E-state index in [0.717, 1.165) is 108 Å². The molecule has 17 heteroatoms. The summed E-state index contributed by atoms with van der Waals surface area (Å²) in [6.45, 7) is 13.6. The van der Waals surface area contributed by atoms with Gasteiger partial charge in [-0.2, -0.15) is 0 Å². The highest BCUT2D eigenvalue weighted by atomic mass is 32.2. The number of nitrogens with zero attached hydrogens (tertiary/aromatic N) is 5. The van der Waals surface area contributed by atoms with Crippen LogP contribution in [0.4, 0.5) is 17.1 Å². The van der Waals surface area contributed by atoms with Gasteiger partial charge in [-0.25, -0.2) is 18.1 Å². The van der Waals surface area contributed by atoms with E-state index in [4.69, 9.17) is 9.47 Å². The lowest BCUT2D eigenvalue weighted by atomic mass is 9.59. The number of hydrogen-bond donors (Lipinski definition) is 4. The number of ether oxygens (including phenoxy) is 2. The molecule has 16 nitrogen and oxygen atoms in total. The van der Waals surface area contributed by atoms with Crippen molar-refractivity contribution < 1.29 is 32.7 Å². The van der Waals surface area contributed by atoms with Gasteiger partial charge in [0.05, 0.1) is 33.3 Å². The number of pyridine rings is 1. The van der Waals surface area contributed by atoms with E-state index < -0.39 is 37.0 Å². The number of aliphatic hydroxyl groups is 1. The number of piperazine rings is 1. The minimum Gasteiger partial charge on any atom is -0.455 e. The molecular weight excluding hydrogens is 981 g/mol. The van der Waals surface area contributed by atoms with Crippen LogP contribution in [0.2, 0.25) is 0 Å². The number of nitro groups is 1. The number of H-pyrrole nitrogens is 1. The average molecular weight is 1050 g/mol. The number of hydrogen-bond acceptors (Lipinski definition) is 13. The summed E-state index contributed by atoms with van der Waals surface area (Å²) in [6.07, 6.45) is 20.7. The highest BCUT2D eigenvalue weighted by Gasteiger charge is 2.50. The van der Waals surface area contributed by atoms with E-state index in [1.807, 2.05) is 19.1 Å². The molecule has 3 aromatic carbocycles. The summed E-state index contributed by atoms with van der Waals surface area (Å²) in [7, 11) is -4.59. The van der Waals surface area contributed by atoms with Gasteiger partial charge in [0.2, 0.25) is 0 Å². The van der Waals surface area contributed by atoms with Crippen LogP contribution < -0.4 is 19.7 Å². The molecule has 402 valence electrons. The Bertz CT molecular complexity index is 3110. The zero-order valence-corrected chi connectivity index (χ0v) is 44.7. The van der Waals surface area contributed by atoms with E-state index in [1.54, 1.807) is 30.6 Å². The molecule has 4 N–H and O–H groups in total. The summed E-state index contributed by atoms with van der Waals surface area (Å²) in [4.78, 5) is 40.8. The maximum Gasteiger partial charge on any atom is 0.293 e. The standard InChI is InChI=1S/C59H72N8O8S/c1-39(2)47-8-4-5-10-49(47)53-38-64(37-42-19-29-74-54-11-7-6-9-48(42)54)27-28-66(53)44-33-59(34-44)22-25-65(26-23-59)43-12-14-50(55(31-43)75-45-30-41-18-24-60-56(41)62-36-45)57(68)63-76(72,73)46-13-15-51(52(32-46)67(70)71)61-35-40-16-20-58(3,69)21-17-40/h4-15,18,24,30-32,36,39-40,42,44,48,53-54,61,69H,16-17,19-23,25-29,33-35,37-38H2,1-3H3,(H,60,62)(H,63,68)/t40-,42?,48?,53?,54?,58-. The lowest BCUT2D eigenvalue weighted by molar-refractivity contribution is -0.384. The van der Waals surface area contributed by atoms with Crippen LogP contribution in [0.15, 0.2) is 114 Å². The van der Waals surface area contributed by atoms with E-state index >= 15 is 0 Å². The van der Waals surface area contributed by atoms with Crippen LogP contribution in [0.3, 0.4) is 0 Å². The van der Waals surface area contributed by atoms with Gasteiger partial charge in [0, 0.05) is 99.8 Å². The van der Waals surface area contributed by atoms with Crippen LogP contribution >= 0.6 is 0 Å². The molecule has 76 heavy (non-hydrogen) atoms. The van der Waals surface area contributed by atoms with Crippen LogP contribution in [-0.4, -0.2) is 114 Å². The quantitative estimate of drug-likeness (QED) is 0.0572. The maximum atomic E-state index is 14.1. The highest BCUT2D eigenvalue weighted by Crippen LogP contribution is 2.54. The van der Waals surface area contributed by atoms with Crippen molar-refractivity contribution in [2.45, 2.75) is 113 Å². The summed E-state index contributed by atoms with van der Waals surface area (Å²) < 4.78 is 42.5. The molecule has 11 rings (SSSR count). The Morgan fingerprint density at radius 3 is 2.55 bits per heavy atom. The number of aromatic nitrogens is 2. The summed E-state index contributed by atoms with van der Waals surface area (Å²) in [5, 5.41) is 26.5. The maximum absolute atomic E-state index is 14.1. The number of rotatable bonds is 15. The molecule has 0 bridgehead atoms. The molecule has 3 aliphatic heterocycles. The second-order valence-electron chi connectivity index (χ2n) is 23.1. The first-order chi connectivity index (χ1) is 36.6. The molecule has 4 atom stereocenters. The summed E-state index contributed by atoms with van der Waals surface area (Å²) in [5.41, 5.74) is 3.68. The summed E-state index contributed by atoms with van der Waals surface area (Å²) in [6, 6.07) is 22.4. The molecule has 1 spiro atoms. The monoisotopic (exact) mass is 1050 g/mol. The zero-order chi connectivity index (χ0) is 52.8. The van der Waals surface area contributed by atoms with E-state index in [-0.39, 0.29) is 34.4 Å². The van der Waals surface area contributed by atoms with Gasteiger partial charge >= 0.3 is 0 Å². The van der Waals surface area contributed by atoms with Crippen LogP contribution in [0.5, 0.6) is 11.5 Å². The number of nitrogens with one attached hydrogen (secondary N) is 3. The predicted molar refractivity (Wildman–Crippen MR) is 294 cm³/mol. The molecule has 1 amide bonds. The normalized spacial score (nSPS) is 26.1. The van der Waals surface area contributed by atoms with Crippen LogP contribution in [0.25, 0.3) is 11.0 Å². The second-order valence-corrected chi connectivity index (χ2v) is 24.8. The van der Waals surface area contributed by atoms with Crippen molar-refractivity contribution in [2.24, 2.45) is 23.2 Å². The SMILES string of the molecule is CC(C)c1ccccc1C1CN(CC2CCOC3C=CC=CC23)CCN1C1CC2(CCN(c3ccc(C(=O)NS(=O)(=O)c4ccc(NC[C@H]5CC[C@](C)(O)CC5)c([N+](=O)[O-])c4)c(Oc4cnc5[nH]ccc5c4)c3)CC2)C1. The first kappa shape index (κ1) is 52.0. The van der Waals surface area contributed by atoms with Gasteiger partial charge in [0.1, 0.15) is 22.8 Å². The molecule has 3 aliphatic carbocycles. The fraction of sp³-hybridized carbons (Fsp3) is 0.492. The topological polar surface area (TPSA) is 195 Å². The van der Waals surface area contributed by atoms with Crippen molar-refractivity contribution in [3.05, 3.63) is 136 Å². The number of fused-ring (bicyclic) bond motifs is 2. The number of anilines is 2. The Kier molecular flexibility index (Phi) is 14.6. The van der Waals surface area contributed by atoms with Crippen molar-refractivity contribution >= 4 is 44.0 Å². The van der Waals surface area contributed by atoms with Crippen LogP contribution in [0.1, 0.15) is 112 Å². The van der Waals surface area contributed by atoms with Crippen molar-refractivity contribution in [1.82, 2.24) is 24.5 Å². The Balaban J connectivity index is 0.774. The third-order valence-electron chi connectivity index (χ3n) is 17.7. The third kappa shape index (κ3) is 11.0. The molecule has 5 aromatic rings. The van der Waals surface area contributed by atoms with Gasteiger partial charge in [-0.1, -0.05) is 62.4 Å². The Morgan fingerprint density at radius 2 is 1.76 bits per heavy atom. The minimum atomic E-state index is -4.59. The molecule has 6 aliphatic rings. The smallest absolute Gasteiger partial charge is 0.293 e. The number of nitro benzene ring substituents is 1. The molecule has 4 unspecified atom stereocenters. The number of aromatic amines is 1. The Morgan fingerprint density at radius 1 is 0.974 bits per heavy atom. The molecule has 2 saturated carbocycles. The molecule has 3 saturated heterocycles. The lowest BCUT2D eigenvalue weighted by Gasteiger charge is -2.58. The number of allylic oxidation sites excluding steroid dienone is 2. The van der Waals surface area contributed by atoms with Crippen LogP contribution in [-0.2, 0) is 14.8 Å². The van der Waals surface area contributed by atoms with E-state index in [0.29, 0.717) is 60.6 Å². The fourth-order valence-corrected chi connectivity index (χ4v) is 14.2. The highest BCUT2D eigenvalue weighted by molar-refractivity contribution is 7.90. The number of carbonyl (C=O) groups excluding carboxylic acids is 1. The molecule has 0 radical (unpaired) electrons. The Labute approximate surface area is 446 Å².